The molecule has 396 valence electrons. The van der Waals surface area contributed by atoms with Gasteiger partial charge in [0.1, 0.15) is 0 Å². The summed E-state index contributed by atoms with van der Waals surface area (Å²) in [7, 11) is 0. The molecule has 4 aromatic carbocycles. The average molecular weight is 1070 g/mol. The van der Waals surface area contributed by atoms with E-state index in [0.29, 0.717) is 6.61 Å². The maximum Gasteiger partial charge on any atom is 0.0431 e. The molecular weight excluding hydrogens is 965 g/mol. The van der Waals surface area contributed by atoms with Gasteiger partial charge in [0.05, 0.1) is 0 Å². The SMILES string of the molecule is CCCCCCSc1cc2c3cc(SCCCCCC)c(SCCCCCC)cc3c3cc(SCCCCCCCCCCCCCCCO)c(SCCCCCC)cc3c2cc1SCCCCCC. The molecule has 70 heavy (non-hydrogen) atoms. The third kappa shape index (κ3) is 24.2. The van der Waals surface area contributed by atoms with E-state index in [1.165, 1.54) is 302 Å². The van der Waals surface area contributed by atoms with Gasteiger partial charge in [-0.05, 0) is 148 Å². The van der Waals surface area contributed by atoms with Crippen LogP contribution in [-0.4, -0.2) is 46.2 Å². The molecule has 4 rings (SSSR count). The highest BCUT2D eigenvalue weighted by Crippen LogP contribution is 2.47. The molecule has 0 aliphatic rings. The van der Waals surface area contributed by atoms with Crippen LogP contribution in [0.25, 0.3) is 32.3 Å². The van der Waals surface area contributed by atoms with E-state index in [1.54, 1.807) is 0 Å². The van der Waals surface area contributed by atoms with Gasteiger partial charge in [0.2, 0.25) is 0 Å². The molecule has 0 bridgehead atoms. The summed E-state index contributed by atoms with van der Waals surface area (Å²) in [5, 5.41) is 17.9. The molecule has 0 unspecified atom stereocenters. The van der Waals surface area contributed by atoms with Crippen molar-refractivity contribution in [3.63, 3.8) is 0 Å². The Hall–Kier alpha value is -0.280. The number of aliphatic hydroxyl groups is 1. The minimum Gasteiger partial charge on any atom is -0.396 e. The Labute approximate surface area is 457 Å². The van der Waals surface area contributed by atoms with Crippen LogP contribution in [-0.2, 0) is 0 Å². The number of aliphatic hydroxyl groups excluding tert-OH is 1. The van der Waals surface area contributed by atoms with Gasteiger partial charge in [-0.2, -0.15) is 0 Å². The Morgan fingerprint density at radius 3 is 0.557 bits per heavy atom. The van der Waals surface area contributed by atoms with Gasteiger partial charge >= 0.3 is 0 Å². The molecule has 0 saturated carbocycles. The Kier molecular flexibility index (Phi) is 36.4. The molecule has 0 heterocycles. The number of hydrogen-bond donors (Lipinski definition) is 1. The maximum absolute atomic E-state index is 9.03. The lowest BCUT2D eigenvalue weighted by atomic mass is 9.94. The summed E-state index contributed by atoms with van der Waals surface area (Å²) < 4.78 is 0. The lowest BCUT2D eigenvalue weighted by Gasteiger charge is -2.20. The van der Waals surface area contributed by atoms with Gasteiger partial charge in [-0.3, -0.25) is 0 Å². The van der Waals surface area contributed by atoms with Crippen LogP contribution in [0.2, 0.25) is 0 Å². The minimum absolute atomic E-state index is 0.356. The summed E-state index contributed by atoms with van der Waals surface area (Å²) in [6.07, 6.45) is 43.7. The number of fused-ring (bicyclic) bond motifs is 6. The maximum atomic E-state index is 9.03. The Morgan fingerprint density at radius 2 is 0.386 bits per heavy atom. The number of thioether (sulfide) groups is 6. The third-order valence-electron chi connectivity index (χ3n) is 14.0. The normalized spacial score (nSPS) is 11.9. The van der Waals surface area contributed by atoms with E-state index in [4.69, 9.17) is 5.11 Å². The van der Waals surface area contributed by atoms with E-state index in [2.05, 4.69) is 142 Å². The van der Waals surface area contributed by atoms with Gasteiger partial charge < -0.3 is 5.11 Å². The van der Waals surface area contributed by atoms with Gasteiger partial charge in [-0.15, -0.1) is 70.6 Å². The first-order valence-corrected chi connectivity index (χ1v) is 35.4. The second kappa shape index (κ2) is 41.0. The first kappa shape index (κ1) is 62.3. The lowest BCUT2D eigenvalue weighted by molar-refractivity contribution is 0.282. The largest absolute Gasteiger partial charge is 0.396 e. The predicted octanol–water partition coefficient (Wildman–Crippen LogP) is 23.7. The van der Waals surface area contributed by atoms with E-state index >= 15 is 0 Å². The van der Waals surface area contributed by atoms with Crippen LogP contribution in [0.4, 0.5) is 0 Å². The van der Waals surface area contributed by atoms with E-state index in [-0.39, 0.29) is 0 Å². The summed E-state index contributed by atoms with van der Waals surface area (Å²) >= 11 is 12.9. The molecular formula is C63H102OS6. The molecule has 1 nitrogen and oxygen atoms in total. The van der Waals surface area contributed by atoms with Gasteiger partial charge in [0.25, 0.3) is 0 Å². The van der Waals surface area contributed by atoms with Crippen molar-refractivity contribution in [2.75, 3.05) is 41.1 Å². The fourth-order valence-electron chi connectivity index (χ4n) is 9.59. The smallest absolute Gasteiger partial charge is 0.0431 e. The predicted molar refractivity (Wildman–Crippen MR) is 331 cm³/mol. The van der Waals surface area contributed by atoms with Gasteiger partial charge in [-0.1, -0.05) is 202 Å². The van der Waals surface area contributed by atoms with Crippen LogP contribution in [0.1, 0.15) is 247 Å². The molecule has 0 aliphatic carbocycles. The monoisotopic (exact) mass is 1070 g/mol. The van der Waals surface area contributed by atoms with Crippen molar-refractivity contribution in [1.82, 2.24) is 0 Å². The van der Waals surface area contributed by atoms with Crippen LogP contribution < -0.4 is 0 Å². The molecule has 0 fully saturated rings. The number of unbranched alkanes of at least 4 members (excludes halogenated alkanes) is 27. The Balaban J connectivity index is 1.75. The fourth-order valence-corrected chi connectivity index (χ4v) is 16.5. The van der Waals surface area contributed by atoms with Crippen LogP contribution >= 0.6 is 70.6 Å². The highest BCUT2D eigenvalue weighted by Gasteiger charge is 2.19. The zero-order valence-electron chi connectivity index (χ0n) is 45.6. The first-order valence-electron chi connectivity index (χ1n) is 29.5. The van der Waals surface area contributed by atoms with E-state index in [9.17, 15) is 0 Å². The summed E-state index contributed by atoms with van der Waals surface area (Å²) in [6.45, 7) is 12.0. The van der Waals surface area contributed by atoms with E-state index < -0.39 is 0 Å². The molecule has 0 atom stereocenters. The van der Waals surface area contributed by atoms with Crippen molar-refractivity contribution in [2.24, 2.45) is 0 Å². The average Bonchev–Trinajstić information content (AvgIpc) is 3.37. The quantitative estimate of drug-likeness (QED) is 0.0267. The van der Waals surface area contributed by atoms with Gasteiger partial charge in [-0.25, -0.2) is 0 Å². The highest BCUT2D eigenvalue weighted by molar-refractivity contribution is 8.03. The summed E-state index contributed by atoms with van der Waals surface area (Å²) in [5.41, 5.74) is 0. The summed E-state index contributed by atoms with van der Waals surface area (Å²) in [5.74, 6) is 7.28. The van der Waals surface area contributed by atoms with Crippen molar-refractivity contribution in [1.29, 1.82) is 0 Å². The number of benzene rings is 4. The molecule has 7 heteroatoms. The lowest BCUT2D eigenvalue weighted by Crippen LogP contribution is -1.94. The molecule has 1 N–H and O–H groups in total. The second-order valence-electron chi connectivity index (χ2n) is 20.2. The number of hydrogen-bond acceptors (Lipinski definition) is 7. The van der Waals surface area contributed by atoms with Crippen molar-refractivity contribution in [3.8, 4) is 0 Å². The van der Waals surface area contributed by atoms with Crippen molar-refractivity contribution in [3.05, 3.63) is 36.4 Å². The zero-order valence-corrected chi connectivity index (χ0v) is 50.5. The molecule has 0 aliphatic heterocycles. The van der Waals surface area contributed by atoms with E-state index in [1.807, 2.05) is 0 Å². The Morgan fingerprint density at radius 1 is 0.229 bits per heavy atom. The standard InChI is InChI=1S/C63H102OS6/c1-6-11-16-33-40-65-58-46-52-53-47-59(66-41-34-17-12-7-2)61(68-43-36-19-14-9-4)49-55(53)57-51-63(70-45-38-31-29-27-25-23-21-22-24-26-28-30-32-39-64)62(69-44-37-20-15-10-5)50-56(57)54(52)48-60(58)67-42-35-18-13-8-3/h46-51,64H,6-45H2,1-5H3. The molecule has 0 saturated heterocycles. The van der Waals surface area contributed by atoms with Crippen LogP contribution in [0.15, 0.2) is 65.8 Å². The topological polar surface area (TPSA) is 20.2 Å². The van der Waals surface area contributed by atoms with E-state index in [0.717, 1.165) is 6.42 Å². The van der Waals surface area contributed by atoms with Crippen molar-refractivity contribution < 1.29 is 5.11 Å². The highest BCUT2D eigenvalue weighted by atomic mass is 32.2. The molecule has 0 amide bonds. The summed E-state index contributed by atoms with van der Waals surface area (Å²) in [6, 6.07) is 16.1. The molecule has 0 spiro atoms. The third-order valence-corrected chi connectivity index (χ3v) is 21.2. The van der Waals surface area contributed by atoms with Crippen LogP contribution in [0.5, 0.6) is 0 Å². The van der Waals surface area contributed by atoms with Crippen LogP contribution in [0, 0.1) is 0 Å². The molecule has 0 aromatic heterocycles. The van der Waals surface area contributed by atoms with Gasteiger partial charge in [0, 0.05) is 36.0 Å². The van der Waals surface area contributed by atoms with Crippen LogP contribution in [0.3, 0.4) is 0 Å². The second-order valence-corrected chi connectivity index (χ2v) is 27.1. The summed E-state index contributed by atoms with van der Waals surface area (Å²) in [4.78, 5) is 9.13. The fraction of sp³-hybridized carbons (Fsp3) is 0.714. The van der Waals surface area contributed by atoms with Gasteiger partial charge in [0.15, 0.2) is 0 Å². The molecule has 4 aromatic rings. The van der Waals surface area contributed by atoms with Crippen molar-refractivity contribution >= 4 is 103 Å². The van der Waals surface area contributed by atoms with Crippen molar-refractivity contribution in [2.45, 2.75) is 276 Å². The number of rotatable bonds is 46. The zero-order chi connectivity index (χ0) is 49.7. The first-order chi connectivity index (χ1) is 34.6. The molecule has 0 radical (unpaired) electrons. The Bertz CT molecular complexity index is 1890. The minimum atomic E-state index is 0.356.